The number of fused-ring (bicyclic) bond motifs is 1. The molecule has 0 atom stereocenters. The van der Waals surface area contributed by atoms with Gasteiger partial charge in [0.25, 0.3) is 5.91 Å². The maximum absolute atomic E-state index is 12.1. The number of ketones is 1. The smallest absolute Gasteiger partial charge is 0.251 e. The van der Waals surface area contributed by atoms with E-state index < -0.39 is 0 Å². The van der Waals surface area contributed by atoms with Crippen LogP contribution in [0.5, 0.6) is 0 Å². The molecule has 1 amide bonds. The highest BCUT2D eigenvalue weighted by atomic mass is 32.1. The first kappa shape index (κ1) is 15.9. The molecule has 23 heavy (non-hydrogen) atoms. The lowest BCUT2D eigenvalue weighted by Gasteiger charge is -2.06. The number of nitrogens with zero attached hydrogens (tertiary/aromatic N) is 1. The third kappa shape index (κ3) is 3.85. The van der Waals surface area contributed by atoms with E-state index in [1.54, 1.807) is 35.6 Å². The van der Waals surface area contributed by atoms with Crippen LogP contribution in [-0.4, -0.2) is 23.2 Å². The molecule has 1 aliphatic carbocycles. The molecule has 0 aliphatic heterocycles. The molecule has 2 aromatic rings. The molecule has 0 radical (unpaired) electrons. The van der Waals surface area contributed by atoms with Crippen molar-refractivity contribution in [2.45, 2.75) is 39.0 Å². The standard InChI is InChI=1S/C18H20N2O2S/c1-12(21)13-6-8-14(9-7-13)18(22)19-11-10-17-20-15-4-2-3-5-16(15)23-17/h6-9H,2-5,10-11H2,1H3,(H,19,22). The molecule has 5 heteroatoms. The molecule has 0 fully saturated rings. The first-order chi connectivity index (χ1) is 11.1. The Morgan fingerprint density at radius 3 is 2.52 bits per heavy atom. The highest BCUT2D eigenvalue weighted by molar-refractivity contribution is 7.11. The normalized spacial score (nSPS) is 13.4. The van der Waals surface area contributed by atoms with Gasteiger partial charge in [-0.05, 0) is 44.7 Å². The Hall–Kier alpha value is -2.01. The zero-order chi connectivity index (χ0) is 16.2. The minimum atomic E-state index is -0.110. The predicted octanol–water partition coefficient (Wildman–Crippen LogP) is 3.20. The van der Waals surface area contributed by atoms with Crippen LogP contribution in [0.1, 0.15) is 56.1 Å². The third-order valence-electron chi connectivity index (χ3n) is 4.07. The van der Waals surface area contributed by atoms with Crippen molar-refractivity contribution >= 4 is 23.0 Å². The maximum Gasteiger partial charge on any atom is 0.251 e. The molecular weight excluding hydrogens is 308 g/mol. The van der Waals surface area contributed by atoms with Crippen LogP contribution in [-0.2, 0) is 19.3 Å². The van der Waals surface area contributed by atoms with Crippen molar-refractivity contribution in [2.75, 3.05) is 6.54 Å². The van der Waals surface area contributed by atoms with E-state index in [4.69, 9.17) is 0 Å². The average Bonchev–Trinajstić information content (AvgIpc) is 2.97. The Morgan fingerprint density at radius 2 is 1.83 bits per heavy atom. The quantitative estimate of drug-likeness (QED) is 0.858. The Morgan fingerprint density at radius 1 is 1.13 bits per heavy atom. The van der Waals surface area contributed by atoms with Crippen molar-refractivity contribution in [2.24, 2.45) is 0 Å². The van der Waals surface area contributed by atoms with Gasteiger partial charge in [0.1, 0.15) is 0 Å². The van der Waals surface area contributed by atoms with E-state index in [0.717, 1.165) is 24.3 Å². The van der Waals surface area contributed by atoms with Crippen LogP contribution in [0.25, 0.3) is 0 Å². The minimum Gasteiger partial charge on any atom is -0.352 e. The third-order valence-corrected chi connectivity index (χ3v) is 5.29. The van der Waals surface area contributed by atoms with Crippen LogP contribution in [0, 0.1) is 0 Å². The number of rotatable bonds is 5. The second-order valence-electron chi connectivity index (χ2n) is 5.82. The number of amides is 1. The summed E-state index contributed by atoms with van der Waals surface area (Å²) in [7, 11) is 0. The van der Waals surface area contributed by atoms with Gasteiger partial charge in [-0.15, -0.1) is 11.3 Å². The first-order valence-corrected chi connectivity index (χ1v) is 8.82. The molecule has 4 nitrogen and oxygen atoms in total. The van der Waals surface area contributed by atoms with E-state index in [0.29, 0.717) is 17.7 Å². The summed E-state index contributed by atoms with van der Waals surface area (Å²) < 4.78 is 0. The topological polar surface area (TPSA) is 59.1 Å². The lowest BCUT2D eigenvalue weighted by atomic mass is 10.0. The molecule has 1 heterocycles. The highest BCUT2D eigenvalue weighted by Crippen LogP contribution is 2.26. The van der Waals surface area contributed by atoms with Gasteiger partial charge >= 0.3 is 0 Å². The Balaban J connectivity index is 1.52. The fourth-order valence-electron chi connectivity index (χ4n) is 2.75. The van der Waals surface area contributed by atoms with Gasteiger partial charge in [0.2, 0.25) is 0 Å². The number of hydrogen-bond donors (Lipinski definition) is 1. The number of aromatic nitrogens is 1. The molecule has 1 N–H and O–H groups in total. The first-order valence-electron chi connectivity index (χ1n) is 8.00. The monoisotopic (exact) mass is 328 g/mol. The molecule has 0 bridgehead atoms. The van der Waals surface area contributed by atoms with Crippen LogP contribution in [0.3, 0.4) is 0 Å². The van der Waals surface area contributed by atoms with Gasteiger partial charge in [0.05, 0.1) is 10.7 Å². The molecule has 0 spiro atoms. The number of thiazole rings is 1. The second-order valence-corrected chi connectivity index (χ2v) is 6.99. The van der Waals surface area contributed by atoms with Gasteiger partial charge in [-0.3, -0.25) is 9.59 Å². The number of carbonyl (C=O) groups is 2. The molecule has 120 valence electrons. The van der Waals surface area contributed by atoms with Crippen LogP contribution in [0.15, 0.2) is 24.3 Å². The summed E-state index contributed by atoms with van der Waals surface area (Å²) in [6.45, 7) is 2.10. The number of benzene rings is 1. The predicted molar refractivity (Wildman–Crippen MR) is 91.2 cm³/mol. The zero-order valence-electron chi connectivity index (χ0n) is 13.2. The average molecular weight is 328 g/mol. The highest BCUT2D eigenvalue weighted by Gasteiger charge is 2.15. The van der Waals surface area contributed by atoms with Gasteiger partial charge in [0, 0.05) is 29.0 Å². The Kier molecular flexibility index (Phi) is 4.86. The minimum absolute atomic E-state index is 0.00435. The summed E-state index contributed by atoms with van der Waals surface area (Å²) in [5.41, 5.74) is 2.46. The molecule has 1 aromatic heterocycles. The van der Waals surface area contributed by atoms with Crippen molar-refractivity contribution in [3.05, 3.63) is 51.0 Å². The lowest BCUT2D eigenvalue weighted by Crippen LogP contribution is -2.25. The van der Waals surface area contributed by atoms with Crippen LogP contribution in [0.2, 0.25) is 0 Å². The maximum atomic E-state index is 12.1. The Bertz CT molecular complexity index is 696. The molecule has 0 saturated carbocycles. The van der Waals surface area contributed by atoms with Crippen molar-refractivity contribution < 1.29 is 9.59 Å². The van der Waals surface area contributed by atoms with Crippen LogP contribution >= 0.6 is 11.3 Å². The van der Waals surface area contributed by atoms with Crippen molar-refractivity contribution in [1.82, 2.24) is 10.3 Å². The molecular formula is C18H20N2O2S. The van der Waals surface area contributed by atoms with E-state index in [1.165, 1.54) is 30.3 Å². The van der Waals surface area contributed by atoms with Gasteiger partial charge in [-0.1, -0.05) is 12.1 Å². The van der Waals surface area contributed by atoms with E-state index in [1.807, 2.05) is 0 Å². The summed E-state index contributed by atoms with van der Waals surface area (Å²) in [6.07, 6.45) is 5.53. The summed E-state index contributed by atoms with van der Waals surface area (Å²) in [5, 5.41) is 4.03. The molecule has 0 unspecified atom stereocenters. The summed E-state index contributed by atoms with van der Waals surface area (Å²) in [5.74, 6) is -0.105. The Labute approximate surface area is 140 Å². The van der Waals surface area contributed by atoms with Crippen molar-refractivity contribution in [1.29, 1.82) is 0 Å². The number of Topliss-reactive ketones (excluding diaryl/α,β-unsaturated/α-hetero) is 1. The SMILES string of the molecule is CC(=O)c1ccc(C(=O)NCCc2nc3c(s2)CCCC3)cc1. The molecule has 0 saturated heterocycles. The van der Waals surface area contributed by atoms with Crippen LogP contribution in [0.4, 0.5) is 0 Å². The fourth-order valence-corrected chi connectivity index (χ4v) is 3.91. The van der Waals surface area contributed by atoms with E-state index >= 15 is 0 Å². The van der Waals surface area contributed by atoms with E-state index in [-0.39, 0.29) is 11.7 Å². The summed E-state index contributed by atoms with van der Waals surface area (Å²) in [4.78, 5) is 29.4. The largest absolute Gasteiger partial charge is 0.352 e. The lowest BCUT2D eigenvalue weighted by molar-refractivity contribution is 0.0952. The van der Waals surface area contributed by atoms with Gasteiger partial charge in [0.15, 0.2) is 5.78 Å². The van der Waals surface area contributed by atoms with E-state index in [2.05, 4.69) is 10.3 Å². The molecule has 3 rings (SSSR count). The zero-order valence-corrected chi connectivity index (χ0v) is 14.0. The van der Waals surface area contributed by atoms with Gasteiger partial charge in [-0.2, -0.15) is 0 Å². The van der Waals surface area contributed by atoms with Crippen molar-refractivity contribution in [3.63, 3.8) is 0 Å². The summed E-state index contributed by atoms with van der Waals surface area (Å²) >= 11 is 1.79. The number of aryl methyl sites for hydroxylation is 2. The van der Waals surface area contributed by atoms with Crippen LogP contribution < -0.4 is 5.32 Å². The molecule has 1 aromatic carbocycles. The number of nitrogens with one attached hydrogen (secondary N) is 1. The van der Waals surface area contributed by atoms with Crippen molar-refractivity contribution in [3.8, 4) is 0 Å². The fraction of sp³-hybridized carbons (Fsp3) is 0.389. The van der Waals surface area contributed by atoms with Gasteiger partial charge < -0.3 is 5.32 Å². The second kappa shape index (κ2) is 7.04. The number of hydrogen-bond acceptors (Lipinski definition) is 4. The molecule has 1 aliphatic rings. The number of carbonyl (C=O) groups excluding carboxylic acids is 2. The van der Waals surface area contributed by atoms with E-state index in [9.17, 15) is 9.59 Å². The van der Waals surface area contributed by atoms with Gasteiger partial charge in [-0.25, -0.2) is 4.98 Å². The summed E-state index contributed by atoms with van der Waals surface area (Å²) in [6, 6.07) is 6.75.